The molecule has 0 unspecified atom stereocenters. The van der Waals surface area contributed by atoms with E-state index in [2.05, 4.69) is 9.88 Å². The number of aliphatic carboxylic acids is 2. The molecule has 0 bridgehead atoms. The number of carboxylic acid groups (broad SMARTS) is 2. The third kappa shape index (κ3) is 9.01. The molecule has 4 aromatic rings. The fourth-order valence-electron chi connectivity index (χ4n) is 4.51. The van der Waals surface area contributed by atoms with Gasteiger partial charge >= 0.3 is 31.0 Å². The van der Waals surface area contributed by atoms with Gasteiger partial charge in [-0.2, -0.15) is 0 Å². The molecule has 0 aromatic heterocycles. The molecular weight excluding hydrogens is 711 g/mol. The van der Waals surface area contributed by atoms with Crippen LogP contribution in [0.3, 0.4) is 0 Å². The average molecular weight is 743 g/mol. The first-order valence-electron chi connectivity index (χ1n) is 14.3. The summed E-state index contributed by atoms with van der Waals surface area (Å²) in [5.74, 6) is 1.05. The number of rotatable bonds is 8. The van der Waals surface area contributed by atoms with Gasteiger partial charge in [0.25, 0.3) is 0 Å². The molecule has 240 valence electrons. The molecule has 0 aliphatic carbocycles. The molecule has 47 heavy (non-hydrogen) atoms. The predicted molar refractivity (Wildman–Crippen MR) is 174 cm³/mol. The standard InChI is InChI=1S/2C17H14O5.2CH3.Sn/c2*1-20-13-7-5-11(6-8-13)14(17(18)19)9-12-3-2-4-15-16(12)22-10-21-15;;;/h2*2-9H,10H2,1H3,(H,18,19);2*1H3;/q;;;;+2/p-2/b2*14-9+;;;. The van der Waals surface area contributed by atoms with E-state index in [4.69, 9.17) is 28.4 Å². The summed E-state index contributed by atoms with van der Waals surface area (Å²) in [6.45, 7) is 0.257. The molecule has 0 saturated heterocycles. The van der Waals surface area contributed by atoms with Crippen molar-refractivity contribution in [3.63, 3.8) is 0 Å². The monoisotopic (exact) mass is 744 g/mol. The molecule has 4 aromatic carbocycles. The van der Waals surface area contributed by atoms with Crippen LogP contribution in [-0.2, 0) is 9.59 Å². The second kappa shape index (κ2) is 17.0. The van der Waals surface area contributed by atoms with E-state index in [9.17, 15) is 19.8 Å². The van der Waals surface area contributed by atoms with Gasteiger partial charge in [0.15, 0.2) is 23.0 Å². The van der Waals surface area contributed by atoms with Gasteiger partial charge in [0.2, 0.25) is 13.6 Å². The molecular formula is C36H32O10Sn. The number of ether oxygens (including phenoxy) is 6. The first-order valence-corrected chi connectivity index (χ1v) is 20.0. The predicted octanol–water partition coefficient (Wildman–Crippen LogP) is 4.22. The Labute approximate surface area is 283 Å². The maximum atomic E-state index is 11.5. The van der Waals surface area contributed by atoms with Crippen molar-refractivity contribution < 1.29 is 48.2 Å². The van der Waals surface area contributed by atoms with Crippen molar-refractivity contribution in [2.45, 2.75) is 9.88 Å². The summed E-state index contributed by atoms with van der Waals surface area (Å²) in [4.78, 5) is 27.5. The van der Waals surface area contributed by atoms with Gasteiger partial charge in [-0.05, 0) is 59.7 Å². The Kier molecular flexibility index (Phi) is 12.6. The fourth-order valence-corrected chi connectivity index (χ4v) is 4.51. The molecule has 0 spiro atoms. The van der Waals surface area contributed by atoms with Crippen LogP contribution in [0.25, 0.3) is 23.3 Å². The summed E-state index contributed by atoms with van der Waals surface area (Å²) in [6, 6.07) is 24.1. The quantitative estimate of drug-likeness (QED) is 0.147. The number of fused-ring (bicyclic) bond motifs is 2. The van der Waals surface area contributed by atoms with E-state index in [-0.39, 0.29) is 45.9 Å². The zero-order valence-corrected chi connectivity index (χ0v) is 29.1. The van der Waals surface area contributed by atoms with Crippen LogP contribution in [0.2, 0.25) is 9.88 Å². The Morgan fingerprint density at radius 3 is 1.30 bits per heavy atom. The van der Waals surface area contributed by atoms with Gasteiger partial charge in [-0.15, -0.1) is 0 Å². The van der Waals surface area contributed by atoms with Crippen molar-refractivity contribution >= 4 is 56.4 Å². The van der Waals surface area contributed by atoms with Gasteiger partial charge in [-0.25, -0.2) is 0 Å². The topological polar surface area (TPSA) is 136 Å². The second-order valence-corrected chi connectivity index (χ2v) is 12.7. The van der Waals surface area contributed by atoms with E-state index >= 15 is 0 Å². The number of para-hydroxylation sites is 2. The van der Waals surface area contributed by atoms with Gasteiger partial charge < -0.3 is 48.2 Å². The maximum absolute atomic E-state index is 11.5. The third-order valence-corrected chi connectivity index (χ3v) is 6.70. The first-order chi connectivity index (χ1) is 22.8. The summed E-state index contributed by atoms with van der Waals surface area (Å²) in [5.41, 5.74) is 2.43. The fraction of sp³-hybridized carbons (Fsp3) is 0.167. The number of hydrogen-bond acceptors (Lipinski definition) is 10. The van der Waals surface area contributed by atoms with E-state index in [1.165, 1.54) is 12.2 Å². The molecule has 6 rings (SSSR count). The van der Waals surface area contributed by atoms with Crippen molar-refractivity contribution in [1.29, 1.82) is 0 Å². The number of carbonyl (C=O) groups is 2. The molecule has 2 aliphatic heterocycles. The molecule has 10 nitrogen and oxygen atoms in total. The average Bonchev–Trinajstić information content (AvgIpc) is 3.78. The van der Waals surface area contributed by atoms with Gasteiger partial charge in [-0.3, -0.25) is 0 Å². The van der Waals surface area contributed by atoms with Crippen LogP contribution in [0.4, 0.5) is 0 Å². The molecule has 0 saturated carbocycles. The molecule has 11 heteroatoms. The number of benzene rings is 4. The van der Waals surface area contributed by atoms with Gasteiger partial charge in [0.1, 0.15) is 11.5 Å². The van der Waals surface area contributed by atoms with Crippen LogP contribution in [0.15, 0.2) is 84.9 Å². The molecule has 0 atom stereocenters. The molecule has 0 fully saturated rings. The normalized spacial score (nSPS) is 12.4. The van der Waals surface area contributed by atoms with E-state index in [0.717, 1.165) is 0 Å². The minimum absolute atomic E-state index is 0.0616. The van der Waals surface area contributed by atoms with E-state index in [1.54, 1.807) is 99.1 Å². The van der Waals surface area contributed by atoms with Crippen molar-refractivity contribution in [3.05, 3.63) is 107 Å². The third-order valence-electron chi connectivity index (χ3n) is 6.70. The van der Waals surface area contributed by atoms with E-state index in [0.29, 0.717) is 56.8 Å². The number of carboxylic acids is 2. The summed E-state index contributed by atoms with van der Waals surface area (Å²) in [5, 5.41) is 23.0. The molecule has 0 amide bonds. The van der Waals surface area contributed by atoms with Gasteiger partial charge in [0.05, 0.1) is 26.2 Å². The molecule has 0 radical (unpaired) electrons. The summed E-state index contributed by atoms with van der Waals surface area (Å²) < 4.78 is 31.5. The minimum atomic E-state index is -1.26. The van der Waals surface area contributed by atoms with Crippen LogP contribution >= 0.6 is 0 Å². The summed E-state index contributed by atoms with van der Waals surface area (Å²) in [6.07, 6.45) is 3.04. The van der Waals surface area contributed by atoms with Crippen LogP contribution in [-0.4, -0.2) is 60.9 Å². The van der Waals surface area contributed by atoms with Crippen molar-refractivity contribution in [2.75, 3.05) is 27.8 Å². The Morgan fingerprint density at radius 1 is 0.617 bits per heavy atom. The molecule has 2 aliphatic rings. The van der Waals surface area contributed by atoms with Crippen LogP contribution in [0.5, 0.6) is 34.5 Å². The van der Waals surface area contributed by atoms with Crippen LogP contribution in [0.1, 0.15) is 22.3 Å². The number of hydrogen-bond donors (Lipinski definition) is 0. The Bertz CT molecular complexity index is 1620. The zero-order valence-electron chi connectivity index (χ0n) is 26.2. The zero-order chi connectivity index (χ0) is 33.8. The van der Waals surface area contributed by atoms with Crippen LogP contribution in [0, 0.1) is 0 Å². The first kappa shape index (κ1) is 34.8. The Hall–Kier alpha value is -5.10. The van der Waals surface area contributed by atoms with Crippen molar-refractivity contribution in [1.82, 2.24) is 0 Å². The van der Waals surface area contributed by atoms with Crippen molar-refractivity contribution in [3.8, 4) is 34.5 Å². The Balaban J connectivity index is 0.000000197. The van der Waals surface area contributed by atoms with Gasteiger partial charge in [-0.1, -0.05) is 48.5 Å². The number of carbonyl (C=O) groups excluding carboxylic acids is 2. The van der Waals surface area contributed by atoms with Gasteiger partial charge in [0, 0.05) is 22.3 Å². The second-order valence-electron chi connectivity index (χ2n) is 9.81. The van der Waals surface area contributed by atoms with Crippen LogP contribution < -0.4 is 38.6 Å². The number of methoxy groups -OCH3 is 2. The van der Waals surface area contributed by atoms with Crippen molar-refractivity contribution in [2.24, 2.45) is 0 Å². The van der Waals surface area contributed by atoms with E-state index in [1.807, 2.05) is 0 Å². The summed E-state index contributed by atoms with van der Waals surface area (Å²) >= 11 is 0.230. The molecule has 0 N–H and O–H groups in total. The van der Waals surface area contributed by atoms with E-state index < -0.39 is 11.9 Å². The Morgan fingerprint density at radius 2 is 0.979 bits per heavy atom. The summed E-state index contributed by atoms with van der Waals surface area (Å²) in [7, 11) is 3.10. The SMILES string of the molecule is COc1ccc(/C(=C\c2cccc3c2OCO3)C(=O)[O-])cc1.COc1ccc(/C(=C\c2cccc3c2OCO3)C(=O)[O-])cc1.[CH3][Sn+2][CH3]. The molecule has 2 heterocycles.